The minimum atomic E-state index is -1.83. The van der Waals surface area contributed by atoms with Gasteiger partial charge in [0.15, 0.2) is 12.1 Å². The van der Waals surface area contributed by atoms with E-state index in [-0.39, 0.29) is 50.3 Å². The molecule has 1 aromatic rings. The van der Waals surface area contributed by atoms with Gasteiger partial charge in [0.2, 0.25) is 5.91 Å². The van der Waals surface area contributed by atoms with Crippen molar-refractivity contribution in [3.63, 3.8) is 0 Å². The van der Waals surface area contributed by atoms with Gasteiger partial charge in [-0.15, -0.1) is 0 Å². The number of fused-ring (bicyclic) bond motifs is 5. The Balaban J connectivity index is 1.94. The van der Waals surface area contributed by atoms with Gasteiger partial charge in [0, 0.05) is 36.1 Å². The summed E-state index contributed by atoms with van der Waals surface area (Å²) in [4.78, 5) is 53.7. The molecule has 1 amide bonds. The van der Waals surface area contributed by atoms with Crippen molar-refractivity contribution in [2.75, 3.05) is 20.3 Å². The molecule has 2 N–H and O–H groups in total. The first kappa shape index (κ1) is 47.6. The summed E-state index contributed by atoms with van der Waals surface area (Å²) >= 11 is 0. The van der Waals surface area contributed by atoms with Gasteiger partial charge >= 0.3 is 5.97 Å². The van der Waals surface area contributed by atoms with Gasteiger partial charge in [0.1, 0.15) is 36.0 Å². The highest BCUT2D eigenvalue weighted by Crippen LogP contribution is 2.40. The Morgan fingerprint density at radius 2 is 1.69 bits per heavy atom. The summed E-state index contributed by atoms with van der Waals surface area (Å²) < 4.78 is 32.7. The number of aliphatic imine (C=N–C) groups is 1. The van der Waals surface area contributed by atoms with E-state index in [0.29, 0.717) is 17.8 Å². The molecule has 0 spiro atoms. The number of carbonyl (C=O) groups is 3. The number of carbonyl (C=O) groups excluding carboxylic acids is 3. The van der Waals surface area contributed by atoms with Crippen molar-refractivity contribution in [2.24, 2.45) is 33.8 Å². The van der Waals surface area contributed by atoms with Gasteiger partial charge in [0.25, 0.3) is 0 Å². The molecule has 3 aliphatic heterocycles. The molecule has 0 unspecified atom stereocenters. The lowest BCUT2D eigenvalue weighted by atomic mass is 9.73. The third-order valence-electron chi connectivity index (χ3n) is 12.3. The maximum atomic E-state index is 14.6. The Morgan fingerprint density at radius 3 is 2.29 bits per heavy atom. The van der Waals surface area contributed by atoms with Crippen LogP contribution in [-0.2, 0) is 49.5 Å². The molecule has 3 aliphatic rings. The fourth-order valence-corrected chi connectivity index (χ4v) is 8.75. The summed E-state index contributed by atoms with van der Waals surface area (Å²) in [6.07, 6.45) is -5.08. The summed E-state index contributed by atoms with van der Waals surface area (Å²) in [6, 6.07) is 9.18. The van der Waals surface area contributed by atoms with Crippen LogP contribution in [0.2, 0.25) is 0 Å². The number of aliphatic hydroxyl groups is 2. The van der Waals surface area contributed by atoms with Crippen molar-refractivity contribution in [3.8, 4) is 0 Å². The van der Waals surface area contributed by atoms with Gasteiger partial charge in [-0.05, 0) is 86.3 Å². The summed E-state index contributed by atoms with van der Waals surface area (Å²) in [6.45, 7) is 21.3. The summed E-state index contributed by atoms with van der Waals surface area (Å²) in [5, 5.41) is 28.8. The second-order valence-corrected chi connectivity index (χ2v) is 18.1. The Labute approximate surface area is 345 Å². The second kappa shape index (κ2) is 19.5. The number of amides is 1. The lowest BCUT2D eigenvalue weighted by molar-refractivity contribution is -0.299. The second-order valence-electron chi connectivity index (χ2n) is 18.1. The average Bonchev–Trinajstić information content (AvgIpc) is 3.17. The van der Waals surface area contributed by atoms with Gasteiger partial charge in [-0.1, -0.05) is 63.2 Å². The summed E-state index contributed by atoms with van der Waals surface area (Å²) in [7, 11) is 1.95. The largest absolute Gasteiger partial charge is 0.459 e. The molecule has 3 heterocycles. The molecule has 4 rings (SSSR count). The number of cyclic esters (lactones) is 1. The molecule has 0 radical (unpaired) electrons. The number of oxime groups is 1. The van der Waals surface area contributed by atoms with Gasteiger partial charge in [-0.25, -0.2) is 4.99 Å². The number of ether oxygens (including phenoxy) is 5. The highest BCUT2D eigenvalue weighted by atomic mass is 16.7. The first-order chi connectivity index (χ1) is 27.0. The number of rotatable bonds is 7. The minimum Gasteiger partial charge on any atom is -0.459 e. The van der Waals surface area contributed by atoms with Crippen LogP contribution in [0.25, 0.3) is 0 Å². The zero-order valence-electron chi connectivity index (χ0n) is 36.9. The third-order valence-corrected chi connectivity index (χ3v) is 12.3. The predicted molar refractivity (Wildman–Crippen MR) is 219 cm³/mol. The SMILES string of the molecule is CC[C@H]1OC(=O)[C@H](C)C(=O)[C@H](C)[C@@H](O[C@@H]2O[C@H](C)C[C@H](N(C)C(C)(C)C)[C@H]2O)[C@@]2(C)C[C@@H](C)/C(=N\C(C)=O)[C@H](C)[C@@H](OC/C(=N\OCc3ccccc3)CO2)[C@]1(C)O. The van der Waals surface area contributed by atoms with E-state index in [1.54, 1.807) is 13.8 Å². The van der Waals surface area contributed by atoms with Crippen molar-refractivity contribution in [3.05, 3.63) is 35.9 Å². The van der Waals surface area contributed by atoms with Crippen LogP contribution >= 0.6 is 0 Å². The quantitative estimate of drug-likeness (QED) is 0.207. The molecule has 1 aromatic carbocycles. The zero-order chi connectivity index (χ0) is 43.3. The van der Waals surface area contributed by atoms with Gasteiger partial charge < -0.3 is 38.7 Å². The van der Waals surface area contributed by atoms with E-state index in [2.05, 4.69) is 35.8 Å². The van der Waals surface area contributed by atoms with Crippen molar-refractivity contribution in [1.82, 2.24) is 4.90 Å². The zero-order valence-corrected chi connectivity index (χ0v) is 36.9. The van der Waals surface area contributed by atoms with E-state index in [1.165, 1.54) is 20.8 Å². The van der Waals surface area contributed by atoms with Crippen molar-refractivity contribution in [1.29, 1.82) is 0 Å². The molecular weight excluding hydrogens is 746 g/mol. The van der Waals surface area contributed by atoms with Crippen LogP contribution in [0.3, 0.4) is 0 Å². The molecule has 13 atom stereocenters. The molecule has 3 saturated heterocycles. The van der Waals surface area contributed by atoms with E-state index in [0.717, 1.165) is 5.56 Å². The predicted octanol–water partition coefficient (Wildman–Crippen LogP) is 5.29. The minimum absolute atomic E-state index is 0.150. The van der Waals surface area contributed by atoms with Crippen molar-refractivity contribution in [2.45, 2.75) is 169 Å². The first-order valence-electron chi connectivity index (χ1n) is 20.8. The number of Topliss-reactive ketones (excluding diaryl/α,β-unsaturated/α-hetero) is 1. The fourth-order valence-electron chi connectivity index (χ4n) is 8.75. The number of nitrogens with zero attached hydrogens (tertiary/aromatic N) is 3. The first-order valence-corrected chi connectivity index (χ1v) is 20.8. The number of ketones is 1. The van der Waals surface area contributed by atoms with Crippen molar-refractivity contribution >= 4 is 29.1 Å². The summed E-state index contributed by atoms with van der Waals surface area (Å²) in [5.74, 6) is -5.25. The van der Waals surface area contributed by atoms with Crippen LogP contribution in [-0.4, -0.2) is 124 Å². The topological polar surface area (TPSA) is 175 Å². The van der Waals surface area contributed by atoms with E-state index >= 15 is 0 Å². The maximum absolute atomic E-state index is 14.6. The molecule has 0 saturated carbocycles. The molecule has 58 heavy (non-hydrogen) atoms. The number of aliphatic hydroxyl groups excluding tert-OH is 1. The highest BCUT2D eigenvalue weighted by molar-refractivity contribution is 6.00. The Kier molecular flexibility index (Phi) is 16.0. The summed E-state index contributed by atoms with van der Waals surface area (Å²) in [5.41, 5.74) is -1.87. The normalized spacial score (nSPS) is 38.8. The molecular formula is C44H69N3O11. The number of esters is 1. The number of benzene rings is 1. The fraction of sp³-hybridized carbons (Fsp3) is 0.750. The van der Waals surface area contributed by atoms with Gasteiger partial charge in [-0.2, -0.15) is 0 Å². The van der Waals surface area contributed by atoms with Gasteiger partial charge in [-0.3, -0.25) is 19.3 Å². The Hall–Kier alpha value is -3.11. The maximum Gasteiger partial charge on any atom is 0.316 e. The third kappa shape index (κ3) is 11.2. The average molecular weight is 816 g/mol. The molecule has 0 aliphatic carbocycles. The van der Waals surface area contributed by atoms with Crippen LogP contribution in [0.5, 0.6) is 0 Å². The van der Waals surface area contributed by atoms with Crippen LogP contribution in [0.1, 0.15) is 108 Å². The molecule has 3 fully saturated rings. The number of likely N-dealkylation sites (N-methyl/N-ethyl adjacent to an activating group) is 1. The van der Waals surface area contributed by atoms with Crippen LogP contribution < -0.4 is 0 Å². The van der Waals surface area contributed by atoms with Crippen molar-refractivity contribution < 1.29 is 53.1 Å². The molecule has 326 valence electrons. The lowest BCUT2D eigenvalue weighted by Crippen LogP contribution is -2.62. The van der Waals surface area contributed by atoms with E-state index in [9.17, 15) is 24.6 Å². The molecule has 0 aromatic heterocycles. The lowest BCUT2D eigenvalue weighted by Gasteiger charge is -2.49. The molecule has 14 nitrogen and oxygen atoms in total. The molecule has 2 bridgehead atoms. The van der Waals surface area contributed by atoms with Gasteiger partial charge in [0.05, 0.1) is 37.1 Å². The highest BCUT2D eigenvalue weighted by Gasteiger charge is 2.53. The van der Waals surface area contributed by atoms with E-state index in [4.69, 9.17) is 28.5 Å². The van der Waals surface area contributed by atoms with Crippen LogP contribution in [0.4, 0.5) is 0 Å². The van der Waals surface area contributed by atoms with Crippen LogP contribution in [0, 0.1) is 23.7 Å². The Bertz CT molecular complexity index is 1630. The standard InChI is InChI=1S/C44H69N3O11/c1-14-34-44(12,52)39-27(4)35(45-30(7)48)25(2)21-43(11,54-24-32(23-53-39)46-55-22-31-18-16-15-17-19-31)38(28(5)36(49)29(6)40(51)57-34)58-41-37(50)33(20-26(3)56-41)47(13)42(8,9)10/h15-19,25-29,33-34,37-39,41,50,52H,14,20-24H2,1-13H3/b45-35+,46-32+/t25-,26-,27+,28+,29-,33+,34-,37-,38-,39-,41+,43-,44-/m1/s1. The van der Waals surface area contributed by atoms with Crippen LogP contribution in [0.15, 0.2) is 40.5 Å². The molecule has 14 heteroatoms. The number of hydrogen-bond acceptors (Lipinski definition) is 13. The number of hydrogen-bond donors (Lipinski definition) is 2. The monoisotopic (exact) mass is 815 g/mol. The van der Waals surface area contributed by atoms with E-state index in [1.807, 2.05) is 65.1 Å². The van der Waals surface area contributed by atoms with E-state index < -0.39 is 83.2 Å². The smallest absolute Gasteiger partial charge is 0.316 e. The Morgan fingerprint density at radius 1 is 1.03 bits per heavy atom.